The van der Waals surface area contributed by atoms with Gasteiger partial charge in [0.05, 0.1) is 0 Å². The molecule has 0 aliphatic heterocycles. The van der Waals surface area contributed by atoms with Gasteiger partial charge in [-0.2, -0.15) is 11.8 Å². The normalized spacial score (nSPS) is 15.3. The summed E-state index contributed by atoms with van der Waals surface area (Å²) in [6.45, 7) is 0.485. The fourth-order valence-corrected chi connectivity index (χ4v) is 2.52. The van der Waals surface area contributed by atoms with Crippen LogP contribution in [0, 0.1) is 11.7 Å². The van der Waals surface area contributed by atoms with Crippen molar-refractivity contribution in [1.82, 2.24) is 5.32 Å². The predicted molar refractivity (Wildman–Crippen MR) is 83.9 cm³/mol. The summed E-state index contributed by atoms with van der Waals surface area (Å²) < 4.78 is 13.5. The van der Waals surface area contributed by atoms with E-state index in [1.807, 2.05) is 6.26 Å². The van der Waals surface area contributed by atoms with E-state index in [1.54, 1.807) is 6.07 Å². The second-order valence-electron chi connectivity index (χ2n) is 4.95. The molecule has 1 aromatic carbocycles. The summed E-state index contributed by atoms with van der Waals surface area (Å²) >= 11 is 1.53. The summed E-state index contributed by atoms with van der Waals surface area (Å²) in [5.74, 6) is 0.675. The molecule has 1 atom stereocenters. The summed E-state index contributed by atoms with van der Waals surface area (Å²) in [6.07, 6.45) is 4.22. The standard InChI is InChI=1S/C14H19FN2OS.ClH/c1-19-8-11-6-10(4-5-12(11)15)14(18)17-7-13(16)9-2-3-9;/h4-6,9,13H,2-3,7-8,16H2,1H3,(H,17,18);1H. The van der Waals surface area contributed by atoms with Crippen molar-refractivity contribution in [3.63, 3.8) is 0 Å². The Morgan fingerprint density at radius 1 is 1.55 bits per heavy atom. The van der Waals surface area contributed by atoms with Crippen LogP contribution in [-0.4, -0.2) is 24.7 Å². The molecule has 1 fully saturated rings. The molecule has 0 spiro atoms. The maximum Gasteiger partial charge on any atom is 0.251 e. The summed E-state index contributed by atoms with van der Waals surface area (Å²) in [6, 6.07) is 4.51. The lowest BCUT2D eigenvalue weighted by molar-refractivity contribution is 0.0950. The van der Waals surface area contributed by atoms with E-state index >= 15 is 0 Å². The number of halogens is 2. The lowest BCUT2D eigenvalue weighted by Gasteiger charge is -2.12. The van der Waals surface area contributed by atoms with Crippen molar-refractivity contribution in [3.8, 4) is 0 Å². The van der Waals surface area contributed by atoms with Crippen LogP contribution >= 0.6 is 24.2 Å². The molecule has 0 radical (unpaired) electrons. The number of nitrogens with one attached hydrogen (secondary N) is 1. The number of amides is 1. The van der Waals surface area contributed by atoms with Gasteiger partial charge in [0.25, 0.3) is 5.91 Å². The molecule has 1 aliphatic carbocycles. The Bertz CT molecular complexity index is 468. The largest absolute Gasteiger partial charge is 0.350 e. The highest BCUT2D eigenvalue weighted by atomic mass is 35.5. The van der Waals surface area contributed by atoms with Crippen LogP contribution in [0.4, 0.5) is 4.39 Å². The van der Waals surface area contributed by atoms with E-state index in [-0.39, 0.29) is 30.2 Å². The molecule has 1 unspecified atom stereocenters. The van der Waals surface area contributed by atoms with E-state index in [1.165, 1.54) is 23.9 Å². The third-order valence-electron chi connectivity index (χ3n) is 3.33. The van der Waals surface area contributed by atoms with Crippen molar-refractivity contribution >= 4 is 30.1 Å². The van der Waals surface area contributed by atoms with Crippen molar-refractivity contribution in [2.45, 2.75) is 24.6 Å². The highest BCUT2D eigenvalue weighted by Crippen LogP contribution is 2.31. The van der Waals surface area contributed by atoms with Crippen LogP contribution in [0.2, 0.25) is 0 Å². The summed E-state index contributed by atoms with van der Waals surface area (Å²) in [5.41, 5.74) is 6.98. The number of hydrogen-bond acceptors (Lipinski definition) is 3. The van der Waals surface area contributed by atoms with Gasteiger partial charge in [-0.25, -0.2) is 4.39 Å². The molecular weight excluding hydrogens is 299 g/mol. The summed E-state index contributed by atoms with van der Waals surface area (Å²) in [4.78, 5) is 12.0. The SMILES string of the molecule is CSCc1cc(C(=O)NCC(N)C2CC2)ccc1F.Cl. The molecule has 2 rings (SSSR count). The first-order chi connectivity index (χ1) is 9.11. The number of carbonyl (C=O) groups excluding carboxylic acids is 1. The van der Waals surface area contributed by atoms with Gasteiger partial charge in [-0.15, -0.1) is 12.4 Å². The molecule has 3 N–H and O–H groups in total. The maximum atomic E-state index is 13.5. The van der Waals surface area contributed by atoms with E-state index in [4.69, 9.17) is 5.73 Å². The molecule has 112 valence electrons. The molecule has 3 nitrogen and oxygen atoms in total. The minimum atomic E-state index is -0.263. The van der Waals surface area contributed by atoms with Crippen molar-refractivity contribution in [2.75, 3.05) is 12.8 Å². The van der Waals surface area contributed by atoms with E-state index < -0.39 is 0 Å². The van der Waals surface area contributed by atoms with Crippen molar-refractivity contribution in [3.05, 3.63) is 35.1 Å². The average molecular weight is 319 g/mol. The second-order valence-corrected chi connectivity index (χ2v) is 5.82. The highest BCUT2D eigenvalue weighted by molar-refractivity contribution is 7.97. The minimum absolute atomic E-state index is 0. The molecular formula is C14H20ClFN2OS. The Labute approximate surface area is 129 Å². The average Bonchev–Trinajstić information content (AvgIpc) is 3.22. The van der Waals surface area contributed by atoms with Crippen LogP contribution in [0.25, 0.3) is 0 Å². The fourth-order valence-electron chi connectivity index (χ4n) is 1.99. The monoisotopic (exact) mass is 318 g/mol. The molecule has 20 heavy (non-hydrogen) atoms. The van der Waals surface area contributed by atoms with Gasteiger partial charge in [0.2, 0.25) is 0 Å². The molecule has 1 aliphatic rings. The first-order valence-electron chi connectivity index (χ1n) is 6.43. The third-order valence-corrected chi connectivity index (χ3v) is 3.93. The van der Waals surface area contributed by atoms with E-state index in [0.29, 0.717) is 29.3 Å². The van der Waals surface area contributed by atoms with Crippen LogP contribution < -0.4 is 11.1 Å². The zero-order chi connectivity index (χ0) is 13.8. The molecule has 0 aromatic heterocycles. The first kappa shape index (κ1) is 17.3. The molecule has 6 heteroatoms. The minimum Gasteiger partial charge on any atom is -0.350 e. The molecule has 0 bridgehead atoms. The van der Waals surface area contributed by atoms with Crippen LogP contribution in [0.5, 0.6) is 0 Å². The number of hydrogen-bond donors (Lipinski definition) is 2. The van der Waals surface area contributed by atoms with Crippen molar-refractivity contribution in [1.29, 1.82) is 0 Å². The molecule has 0 heterocycles. The van der Waals surface area contributed by atoms with Crippen LogP contribution in [-0.2, 0) is 5.75 Å². The smallest absolute Gasteiger partial charge is 0.251 e. The lowest BCUT2D eigenvalue weighted by Crippen LogP contribution is -2.38. The fraction of sp³-hybridized carbons (Fsp3) is 0.500. The lowest BCUT2D eigenvalue weighted by atomic mass is 10.1. The van der Waals surface area contributed by atoms with Gasteiger partial charge in [0.15, 0.2) is 0 Å². The second kappa shape index (κ2) is 7.86. The topological polar surface area (TPSA) is 55.1 Å². The van der Waals surface area contributed by atoms with Gasteiger partial charge in [-0.3, -0.25) is 4.79 Å². The Morgan fingerprint density at radius 3 is 2.85 bits per heavy atom. The Kier molecular flexibility index (Phi) is 6.79. The third kappa shape index (κ3) is 4.65. The molecule has 1 aromatic rings. The molecule has 0 saturated heterocycles. The number of nitrogens with two attached hydrogens (primary N) is 1. The Hall–Kier alpha value is -0.780. The van der Waals surface area contributed by atoms with Crippen LogP contribution in [0.3, 0.4) is 0 Å². The first-order valence-corrected chi connectivity index (χ1v) is 7.82. The van der Waals surface area contributed by atoms with Gasteiger partial charge in [-0.1, -0.05) is 0 Å². The van der Waals surface area contributed by atoms with Crippen molar-refractivity contribution in [2.24, 2.45) is 11.7 Å². The van der Waals surface area contributed by atoms with Gasteiger partial charge < -0.3 is 11.1 Å². The maximum absolute atomic E-state index is 13.5. The summed E-state index contributed by atoms with van der Waals surface area (Å²) in [7, 11) is 0. The van der Waals surface area contributed by atoms with E-state index in [2.05, 4.69) is 5.32 Å². The Balaban J connectivity index is 0.00000200. The van der Waals surface area contributed by atoms with Crippen LogP contribution in [0.1, 0.15) is 28.8 Å². The van der Waals surface area contributed by atoms with Crippen LogP contribution in [0.15, 0.2) is 18.2 Å². The summed E-state index contributed by atoms with van der Waals surface area (Å²) in [5, 5.41) is 2.82. The quantitative estimate of drug-likeness (QED) is 0.847. The van der Waals surface area contributed by atoms with Crippen molar-refractivity contribution < 1.29 is 9.18 Å². The molecule has 1 saturated carbocycles. The zero-order valence-electron chi connectivity index (χ0n) is 11.4. The van der Waals surface area contributed by atoms with E-state index in [0.717, 1.165) is 12.8 Å². The van der Waals surface area contributed by atoms with Gasteiger partial charge in [-0.05, 0) is 48.8 Å². The Morgan fingerprint density at radius 2 is 2.25 bits per heavy atom. The number of benzene rings is 1. The number of carbonyl (C=O) groups is 1. The number of rotatable bonds is 6. The van der Waals surface area contributed by atoms with Gasteiger partial charge in [0.1, 0.15) is 5.82 Å². The zero-order valence-corrected chi connectivity index (χ0v) is 13.0. The van der Waals surface area contributed by atoms with Gasteiger partial charge in [0, 0.05) is 23.9 Å². The van der Waals surface area contributed by atoms with E-state index in [9.17, 15) is 9.18 Å². The molecule has 1 amide bonds. The highest BCUT2D eigenvalue weighted by Gasteiger charge is 2.28. The predicted octanol–water partition coefficient (Wildman–Crippen LogP) is 2.58. The number of thioether (sulfide) groups is 1. The van der Waals surface area contributed by atoms with Gasteiger partial charge >= 0.3 is 0 Å².